The van der Waals surface area contributed by atoms with Crippen LogP contribution in [0.5, 0.6) is 0 Å². The van der Waals surface area contributed by atoms with Gasteiger partial charge in [0.2, 0.25) is 11.7 Å². The van der Waals surface area contributed by atoms with E-state index in [2.05, 4.69) is 10.4 Å². The van der Waals surface area contributed by atoms with Crippen molar-refractivity contribution >= 4 is 29.2 Å². The Morgan fingerprint density at radius 1 is 1.13 bits per heavy atom. The van der Waals surface area contributed by atoms with Gasteiger partial charge in [-0.3, -0.25) is 19.8 Å². The van der Waals surface area contributed by atoms with Gasteiger partial charge in [0.1, 0.15) is 6.04 Å². The second-order valence-corrected chi connectivity index (χ2v) is 7.50. The van der Waals surface area contributed by atoms with Crippen LogP contribution in [0.25, 0.3) is 0 Å². The van der Waals surface area contributed by atoms with E-state index in [0.717, 1.165) is 18.4 Å². The molecule has 1 atom stereocenters. The summed E-state index contributed by atoms with van der Waals surface area (Å²) in [5.41, 5.74) is 10.2. The third-order valence-corrected chi connectivity index (χ3v) is 5.18. The summed E-state index contributed by atoms with van der Waals surface area (Å²) in [5.74, 6) is -0.821. The number of primary amides is 1. The standard InChI is InChI=1S/C22H23N5O3/c1-14-21(29)27(18-5-3-2-4-6-18)25-20(24-14)22(30)26(17-11-12-17)13-15-7-9-16(10-8-15)19(23)28/h2-10,14,17H,11-13H2,1H3,(H2,23,28)(H,24,25)/t14-/m0/s1. The highest BCUT2D eigenvalue weighted by atomic mass is 16.2. The molecule has 1 fully saturated rings. The average molecular weight is 405 g/mol. The lowest BCUT2D eigenvalue weighted by atomic mass is 10.1. The molecule has 2 aromatic carbocycles. The normalized spacial score (nSPS) is 18.4. The van der Waals surface area contributed by atoms with E-state index in [-0.39, 0.29) is 23.7 Å². The third-order valence-electron chi connectivity index (χ3n) is 5.18. The fraction of sp³-hybridized carbons (Fsp3) is 0.273. The lowest BCUT2D eigenvalue weighted by Gasteiger charge is -2.32. The van der Waals surface area contributed by atoms with Crippen LogP contribution < -0.4 is 16.2 Å². The minimum absolute atomic E-state index is 0.135. The molecule has 1 heterocycles. The summed E-state index contributed by atoms with van der Waals surface area (Å²) in [6, 6.07) is 15.5. The molecule has 0 unspecified atom stereocenters. The molecule has 2 aromatic rings. The van der Waals surface area contributed by atoms with Gasteiger partial charge < -0.3 is 10.6 Å². The molecule has 0 bridgehead atoms. The van der Waals surface area contributed by atoms with Crippen molar-refractivity contribution in [3.63, 3.8) is 0 Å². The number of amidine groups is 1. The van der Waals surface area contributed by atoms with E-state index in [0.29, 0.717) is 17.8 Å². The van der Waals surface area contributed by atoms with Crippen molar-refractivity contribution in [1.29, 1.82) is 0 Å². The van der Waals surface area contributed by atoms with Crippen LogP contribution in [-0.4, -0.2) is 40.5 Å². The summed E-state index contributed by atoms with van der Waals surface area (Å²) in [4.78, 5) is 43.2. The van der Waals surface area contributed by atoms with E-state index in [4.69, 9.17) is 5.73 Å². The molecule has 2 aliphatic rings. The molecule has 0 spiro atoms. The third kappa shape index (κ3) is 4.03. The summed E-state index contributed by atoms with van der Waals surface area (Å²) >= 11 is 0. The topological polar surface area (TPSA) is 108 Å². The predicted octanol–water partition coefficient (Wildman–Crippen LogP) is 1.61. The lowest BCUT2D eigenvalue weighted by molar-refractivity contribution is -0.125. The SMILES string of the molecule is C[C@@H]1N=C(C(=O)N(Cc2ccc(C(N)=O)cc2)C2CC2)NN(c2ccccc2)C1=O. The highest BCUT2D eigenvalue weighted by molar-refractivity contribution is 6.39. The smallest absolute Gasteiger partial charge is 0.291 e. The van der Waals surface area contributed by atoms with E-state index in [1.54, 1.807) is 48.2 Å². The zero-order valence-electron chi connectivity index (χ0n) is 16.6. The largest absolute Gasteiger partial charge is 0.366 e. The number of hydrazine groups is 1. The number of amides is 3. The molecule has 8 heteroatoms. The number of nitrogens with two attached hydrogens (primary N) is 1. The molecule has 1 aliphatic carbocycles. The first-order valence-corrected chi connectivity index (χ1v) is 9.87. The number of nitrogens with zero attached hydrogens (tertiary/aromatic N) is 3. The van der Waals surface area contributed by atoms with Crippen LogP contribution in [0.1, 0.15) is 35.7 Å². The first-order valence-electron chi connectivity index (χ1n) is 9.87. The summed E-state index contributed by atoms with van der Waals surface area (Å²) in [5, 5.41) is 1.37. The second kappa shape index (κ2) is 7.98. The van der Waals surface area contributed by atoms with E-state index in [9.17, 15) is 14.4 Å². The number of rotatable bonds is 6. The molecule has 8 nitrogen and oxygen atoms in total. The van der Waals surface area contributed by atoms with Crippen molar-refractivity contribution in [1.82, 2.24) is 10.3 Å². The van der Waals surface area contributed by atoms with E-state index in [1.165, 1.54) is 5.01 Å². The van der Waals surface area contributed by atoms with Crippen molar-refractivity contribution in [3.05, 3.63) is 65.7 Å². The molecule has 4 rings (SSSR count). The summed E-state index contributed by atoms with van der Waals surface area (Å²) in [6.45, 7) is 2.06. The van der Waals surface area contributed by atoms with Crippen LogP contribution in [0.15, 0.2) is 59.6 Å². The Morgan fingerprint density at radius 2 is 1.80 bits per heavy atom. The molecule has 154 valence electrons. The number of anilines is 1. The summed E-state index contributed by atoms with van der Waals surface area (Å²) in [7, 11) is 0. The van der Waals surface area contributed by atoms with Gasteiger partial charge >= 0.3 is 0 Å². The van der Waals surface area contributed by atoms with Crippen LogP contribution in [0.3, 0.4) is 0 Å². The Morgan fingerprint density at radius 3 is 2.40 bits per heavy atom. The molecular weight excluding hydrogens is 382 g/mol. The fourth-order valence-corrected chi connectivity index (χ4v) is 3.36. The van der Waals surface area contributed by atoms with Crippen LogP contribution >= 0.6 is 0 Å². The number of para-hydroxylation sites is 1. The van der Waals surface area contributed by atoms with Crippen molar-refractivity contribution < 1.29 is 14.4 Å². The Labute approximate surface area is 174 Å². The first kappa shape index (κ1) is 19.6. The predicted molar refractivity (Wildman–Crippen MR) is 112 cm³/mol. The molecule has 1 aliphatic heterocycles. The van der Waals surface area contributed by atoms with Gasteiger partial charge in [-0.05, 0) is 49.6 Å². The molecule has 0 aromatic heterocycles. The number of hydrogen-bond acceptors (Lipinski definition) is 5. The van der Waals surface area contributed by atoms with Crippen molar-refractivity contribution in [2.45, 2.75) is 38.4 Å². The quantitative estimate of drug-likeness (QED) is 0.761. The number of hydrogen-bond donors (Lipinski definition) is 2. The van der Waals surface area contributed by atoms with Gasteiger partial charge in [0, 0.05) is 18.2 Å². The van der Waals surface area contributed by atoms with Gasteiger partial charge in [-0.1, -0.05) is 30.3 Å². The highest BCUT2D eigenvalue weighted by Crippen LogP contribution is 2.29. The van der Waals surface area contributed by atoms with Gasteiger partial charge in [0.25, 0.3) is 11.8 Å². The summed E-state index contributed by atoms with van der Waals surface area (Å²) < 4.78 is 0. The second-order valence-electron chi connectivity index (χ2n) is 7.50. The number of aliphatic imine (C=N–C) groups is 1. The Bertz CT molecular complexity index is 999. The fourth-order valence-electron chi connectivity index (χ4n) is 3.36. The maximum absolute atomic E-state index is 13.3. The Hall–Kier alpha value is -3.68. The van der Waals surface area contributed by atoms with Crippen LogP contribution in [-0.2, 0) is 16.1 Å². The van der Waals surface area contributed by atoms with Crippen molar-refractivity contribution in [2.24, 2.45) is 10.7 Å². The molecule has 3 amide bonds. The molecule has 0 radical (unpaired) electrons. The molecule has 3 N–H and O–H groups in total. The number of carbonyl (C=O) groups excluding carboxylic acids is 3. The van der Waals surface area contributed by atoms with Gasteiger partial charge in [0.05, 0.1) is 5.69 Å². The minimum atomic E-state index is -0.665. The maximum Gasteiger partial charge on any atom is 0.291 e. The summed E-state index contributed by atoms with van der Waals surface area (Å²) in [6.07, 6.45) is 1.85. The van der Waals surface area contributed by atoms with E-state index in [1.807, 2.05) is 18.2 Å². The van der Waals surface area contributed by atoms with Gasteiger partial charge in [0.15, 0.2) is 0 Å². The number of benzene rings is 2. The molecule has 0 saturated heterocycles. The Balaban J connectivity index is 1.55. The van der Waals surface area contributed by atoms with Crippen molar-refractivity contribution in [2.75, 3.05) is 5.01 Å². The maximum atomic E-state index is 13.3. The van der Waals surface area contributed by atoms with E-state index >= 15 is 0 Å². The first-order chi connectivity index (χ1) is 14.4. The Kier molecular flexibility index (Phi) is 5.22. The zero-order valence-corrected chi connectivity index (χ0v) is 16.6. The van der Waals surface area contributed by atoms with Crippen LogP contribution in [0.2, 0.25) is 0 Å². The number of carbonyl (C=O) groups is 3. The average Bonchev–Trinajstić information content (AvgIpc) is 3.59. The van der Waals surface area contributed by atoms with Crippen molar-refractivity contribution in [3.8, 4) is 0 Å². The minimum Gasteiger partial charge on any atom is -0.366 e. The van der Waals surface area contributed by atoms with Crippen LogP contribution in [0, 0.1) is 0 Å². The van der Waals surface area contributed by atoms with Crippen LogP contribution in [0.4, 0.5) is 5.69 Å². The molecular formula is C22H23N5O3. The van der Waals surface area contributed by atoms with E-state index < -0.39 is 11.9 Å². The lowest BCUT2D eigenvalue weighted by Crippen LogP contribution is -2.58. The highest BCUT2D eigenvalue weighted by Gasteiger charge is 2.38. The molecule has 1 saturated carbocycles. The zero-order chi connectivity index (χ0) is 21.3. The van der Waals surface area contributed by atoms with Gasteiger partial charge in [-0.15, -0.1) is 0 Å². The number of nitrogens with one attached hydrogen (secondary N) is 1. The van der Waals surface area contributed by atoms with Gasteiger partial charge in [-0.2, -0.15) is 0 Å². The molecule has 30 heavy (non-hydrogen) atoms. The monoisotopic (exact) mass is 405 g/mol. The van der Waals surface area contributed by atoms with Gasteiger partial charge in [-0.25, -0.2) is 10.0 Å².